The number of hydrogen-bond acceptors (Lipinski definition) is 2. The molecule has 0 amide bonds. The summed E-state index contributed by atoms with van der Waals surface area (Å²) in [5, 5.41) is 3.68. The molecule has 1 heterocycles. The minimum atomic E-state index is 0.487. The second-order valence-corrected chi connectivity index (χ2v) is 5.10. The van der Waals surface area contributed by atoms with Crippen molar-refractivity contribution in [1.82, 2.24) is 14.9 Å². The minimum Gasteiger partial charge on any atom is -0.337 e. The Morgan fingerprint density at radius 1 is 1.33 bits per heavy atom. The molecular weight excluding hydrogens is 222 g/mol. The maximum atomic E-state index is 4.16. The van der Waals surface area contributed by atoms with Gasteiger partial charge in [-0.2, -0.15) is 0 Å². The fourth-order valence-corrected chi connectivity index (χ4v) is 2.42. The van der Waals surface area contributed by atoms with Gasteiger partial charge in [0.2, 0.25) is 0 Å². The summed E-state index contributed by atoms with van der Waals surface area (Å²) in [6, 6.07) is 11.3. The Labute approximate surface area is 108 Å². The van der Waals surface area contributed by atoms with E-state index in [1.807, 2.05) is 19.6 Å². The molecule has 1 atom stereocenters. The van der Waals surface area contributed by atoms with Crippen molar-refractivity contribution in [3.8, 4) is 0 Å². The van der Waals surface area contributed by atoms with Crippen LogP contribution in [-0.4, -0.2) is 9.55 Å². The third-order valence-electron chi connectivity index (χ3n) is 3.67. The predicted molar refractivity (Wildman–Crippen MR) is 72.0 cm³/mol. The van der Waals surface area contributed by atoms with Gasteiger partial charge in [0.1, 0.15) is 0 Å². The Morgan fingerprint density at radius 3 is 2.72 bits per heavy atom. The zero-order chi connectivity index (χ0) is 12.4. The van der Waals surface area contributed by atoms with E-state index in [0.717, 1.165) is 12.5 Å². The number of aromatic nitrogens is 2. The first-order valence-corrected chi connectivity index (χ1v) is 6.58. The lowest BCUT2D eigenvalue weighted by Crippen LogP contribution is -2.23. The molecule has 1 aromatic heterocycles. The van der Waals surface area contributed by atoms with Gasteiger partial charge in [-0.25, -0.2) is 4.98 Å². The van der Waals surface area contributed by atoms with Crippen molar-refractivity contribution in [3.63, 3.8) is 0 Å². The molecule has 1 aliphatic rings. The number of imidazole rings is 1. The van der Waals surface area contributed by atoms with Crippen molar-refractivity contribution in [2.45, 2.75) is 25.4 Å². The number of aryl methyl sites for hydroxylation is 1. The predicted octanol–water partition coefficient (Wildman–Crippen LogP) is 2.66. The normalized spacial score (nSPS) is 16.7. The van der Waals surface area contributed by atoms with Gasteiger partial charge in [-0.15, -0.1) is 0 Å². The monoisotopic (exact) mass is 241 g/mol. The average molecular weight is 241 g/mol. The fourth-order valence-electron chi connectivity index (χ4n) is 2.42. The maximum absolute atomic E-state index is 4.16. The molecule has 0 bridgehead atoms. The topological polar surface area (TPSA) is 29.9 Å². The lowest BCUT2D eigenvalue weighted by molar-refractivity contribution is 0.472. The van der Waals surface area contributed by atoms with Gasteiger partial charge in [-0.05, 0) is 24.3 Å². The third-order valence-corrected chi connectivity index (χ3v) is 3.67. The lowest BCUT2D eigenvalue weighted by Gasteiger charge is -2.18. The molecule has 1 fully saturated rings. The maximum Gasteiger partial charge on any atom is 0.0945 e. The third kappa shape index (κ3) is 2.46. The largest absolute Gasteiger partial charge is 0.337 e. The highest BCUT2D eigenvalue weighted by molar-refractivity contribution is 5.21. The average Bonchev–Trinajstić information content (AvgIpc) is 3.15. The van der Waals surface area contributed by atoms with Crippen molar-refractivity contribution in [3.05, 3.63) is 54.1 Å². The number of hydrogen-bond donors (Lipinski definition) is 1. The van der Waals surface area contributed by atoms with E-state index in [1.54, 1.807) is 0 Å². The highest BCUT2D eigenvalue weighted by Crippen LogP contribution is 2.41. The molecule has 1 unspecified atom stereocenters. The van der Waals surface area contributed by atoms with Gasteiger partial charge >= 0.3 is 0 Å². The van der Waals surface area contributed by atoms with Gasteiger partial charge in [0.15, 0.2) is 0 Å². The van der Waals surface area contributed by atoms with Gasteiger partial charge in [0, 0.05) is 25.8 Å². The van der Waals surface area contributed by atoms with Crippen molar-refractivity contribution in [2.75, 3.05) is 0 Å². The van der Waals surface area contributed by atoms with Crippen molar-refractivity contribution >= 4 is 0 Å². The lowest BCUT2D eigenvalue weighted by atomic mass is 10.0. The van der Waals surface area contributed by atoms with Crippen LogP contribution in [0.3, 0.4) is 0 Å². The second kappa shape index (κ2) is 4.94. The van der Waals surface area contributed by atoms with Crippen LogP contribution in [0.25, 0.3) is 0 Å². The quantitative estimate of drug-likeness (QED) is 0.872. The van der Waals surface area contributed by atoms with Gasteiger partial charge < -0.3 is 9.88 Å². The first-order chi connectivity index (χ1) is 8.84. The Hall–Kier alpha value is -1.61. The molecule has 0 radical (unpaired) electrons. The van der Waals surface area contributed by atoms with Crippen molar-refractivity contribution in [2.24, 2.45) is 13.0 Å². The van der Waals surface area contributed by atoms with Crippen LogP contribution in [0.5, 0.6) is 0 Å². The van der Waals surface area contributed by atoms with Crippen LogP contribution in [-0.2, 0) is 13.6 Å². The highest BCUT2D eigenvalue weighted by atomic mass is 15.1. The van der Waals surface area contributed by atoms with Gasteiger partial charge in [0.25, 0.3) is 0 Å². The molecule has 3 nitrogen and oxygen atoms in total. The SMILES string of the molecule is Cn1cncc1CNC(c1ccccc1)C1CC1. The summed E-state index contributed by atoms with van der Waals surface area (Å²) in [6.45, 7) is 0.882. The van der Waals surface area contributed by atoms with E-state index in [9.17, 15) is 0 Å². The van der Waals surface area contributed by atoms with Crippen molar-refractivity contribution < 1.29 is 0 Å². The second-order valence-electron chi connectivity index (χ2n) is 5.10. The van der Waals surface area contributed by atoms with E-state index in [0.29, 0.717) is 6.04 Å². The van der Waals surface area contributed by atoms with E-state index in [4.69, 9.17) is 0 Å². The van der Waals surface area contributed by atoms with Crippen LogP contribution in [0.1, 0.15) is 30.1 Å². The fraction of sp³-hybridized carbons (Fsp3) is 0.400. The van der Waals surface area contributed by atoms with Crippen LogP contribution in [0, 0.1) is 5.92 Å². The molecule has 0 saturated heterocycles. The number of benzene rings is 1. The summed E-state index contributed by atoms with van der Waals surface area (Å²) in [7, 11) is 2.04. The van der Waals surface area contributed by atoms with Gasteiger partial charge in [-0.1, -0.05) is 30.3 Å². The standard InChI is InChI=1S/C15H19N3/c1-18-11-16-9-14(18)10-17-15(13-7-8-13)12-5-3-2-4-6-12/h2-6,9,11,13,15,17H,7-8,10H2,1H3. The van der Waals surface area contributed by atoms with Crippen LogP contribution in [0.15, 0.2) is 42.9 Å². The van der Waals surface area contributed by atoms with E-state index >= 15 is 0 Å². The van der Waals surface area contributed by atoms with E-state index in [1.165, 1.54) is 24.1 Å². The molecule has 1 N–H and O–H groups in total. The Balaban J connectivity index is 1.70. The smallest absolute Gasteiger partial charge is 0.0945 e. The molecule has 2 aromatic rings. The molecule has 0 aliphatic heterocycles. The number of rotatable bonds is 5. The highest BCUT2D eigenvalue weighted by Gasteiger charge is 2.31. The van der Waals surface area contributed by atoms with E-state index in [-0.39, 0.29) is 0 Å². The Bertz CT molecular complexity index is 499. The van der Waals surface area contributed by atoms with Crippen LogP contribution >= 0.6 is 0 Å². The Kier molecular flexibility index (Phi) is 3.15. The molecule has 0 spiro atoms. The molecule has 94 valence electrons. The number of nitrogens with one attached hydrogen (secondary N) is 1. The van der Waals surface area contributed by atoms with Crippen LogP contribution in [0.4, 0.5) is 0 Å². The molecule has 18 heavy (non-hydrogen) atoms. The first kappa shape index (κ1) is 11.5. The molecular formula is C15H19N3. The summed E-state index contributed by atoms with van der Waals surface area (Å²) in [4.78, 5) is 4.16. The summed E-state index contributed by atoms with van der Waals surface area (Å²) in [5.74, 6) is 0.806. The van der Waals surface area contributed by atoms with Gasteiger partial charge in [-0.3, -0.25) is 0 Å². The van der Waals surface area contributed by atoms with Gasteiger partial charge in [0.05, 0.1) is 12.0 Å². The van der Waals surface area contributed by atoms with Crippen LogP contribution < -0.4 is 5.32 Å². The minimum absolute atomic E-state index is 0.487. The zero-order valence-electron chi connectivity index (χ0n) is 10.7. The molecule has 1 aromatic carbocycles. The summed E-state index contributed by atoms with van der Waals surface area (Å²) < 4.78 is 2.07. The van der Waals surface area contributed by atoms with Crippen molar-refractivity contribution in [1.29, 1.82) is 0 Å². The van der Waals surface area contributed by atoms with E-state index < -0.39 is 0 Å². The summed E-state index contributed by atoms with van der Waals surface area (Å²) >= 11 is 0. The summed E-state index contributed by atoms with van der Waals surface area (Å²) in [6.07, 6.45) is 6.48. The Morgan fingerprint density at radius 2 is 2.11 bits per heavy atom. The van der Waals surface area contributed by atoms with E-state index in [2.05, 4.69) is 45.2 Å². The van der Waals surface area contributed by atoms with Crippen LogP contribution in [0.2, 0.25) is 0 Å². The molecule has 3 heteroatoms. The molecule has 1 saturated carbocycles. The zero-order valence-corrected chi connectivity index (χ0v) is 10.7. The molecule has 1 aliphatic carbocycles. The number of nitrogens with zero attached hydrogens (tertiary/aromatic N) is 2. The first-order valence-electron chi connectivity index (χ1n) is 6.58. The molecule has 3 rings (SSSR count). The summed E-state index contributed by atoms with van der Waals surface area (Å²) in [5.41, 5.74) is 2.64.